The molecule has 2 rings (SSSR count). The minimum Gasteiger partial charge on any atom is -0.486 e. The second-order valence-corrected chi connectivity index (χ2v) is 6.06. The summed E-state index contributed by atoms with van der Waals surface area (Å²) in [6, 6.07) is 7.06. The van der Waals surface area contributed by atoms with Gasteiger partial charge >= 0.3 is 0 Å². The number of hydrogen-bond acceptors (Lipinski definition) is 5. The highest BCUT2D eigenvalue weighted by Gasteiger charge is 2.09. The van der Waals surface area contributed by atoms with Gasteiger partial charge in [0.15, 0.2) is 11.6 Å². The number of hydrogen-bond donors (Lipinski definition) is 2. The Morgan fingerprint density at radius 2 is 2.08 bits per heavy atom. The van der Waals surface area contributed by atoms with Crippen molar-refractivity contribution in [1.29, 1.82) is 0 Å². The smallest absolute Gasteiger partial charge is 0.227 e. The summed E-state index contributed by atoms with van der Waals surface area (Å²) in [5.74, 6) is 1.63. The van der Waals surface area contributed by atoms with E-state index in [2.05, 4.69) is 25.4 Å². The maximum Gasteiger partial charge on any atom is 0.227 e. The van der Waals surface area contributed by atoms with Gasteiger partial charge in [-0.05, 0) is 51.3 Å². The average molecular weight is 352 g/mol. The zero-order valence-corrected chi connectivity index (χ0v) is 14.6. The van der Waals surface area contributed by atoms with Crippen LogP contribution in [0.1, 0.15) is 18.1 Å². The number of nitrogens with one attached hydrogen (secondary N) is 2. The molecule has 24 heavy (non-hydrogen) atoms. The molecule has 130 valence electrons. The van der Waals surface area contributed by atoms with E-state index in [1.807, 2.05) is 14.1 Å². The highest BCUT2D eigenvalue weighted by atomic mass is 35.5. The van der Waals surface area contributed by atoms with Gasteiger partial charge in [0.1, 0.15) is 12.4 Å². The predicted molar refractivity (Wildman–Crippen MR) is 92.1 cm³/mol. The lowest BCUT2D eigenvalue weighted by Crippen LogP contribution is -2.28. The first kappa shape index (κ1) is 18.2. The SMILES string of the molecule is CN(C)CCCNC(=O)Cc1n[nH]c(COc2ccc(Cl)cc2)n1. The van der Waals surface area contributed by atoms with E-state index >= 15 is 0 Å². The Hall–Kier alpha value is -2.12. The largest absolute Gasteiger partial charge is 0.486 e. The van der Waals surface area contributed by atoms with Gasteiger partial charge in [-0.1, -0.05) is 11.6 Å². The first-order chi connectivity index (χ1) is 11.5. The lowest BCUT2D eigenvalue weighted by Gasteiger charge is -2.09. The Morgan fingerprint density at radius 1 is 1.33 bits per heavy atom. The van der Waals surface area contributed by atoms with E-state index in [1.165, 1.54) is 0 Å². The molecule has 0 bridgehead atoms. The number of aromatic nitrogens is 3. The molecule has 0 saturated carbocycles. The average Bonchev–Trinajstić information content (AvgIpc) is 2.98. The number of aromatic amines is 1. The summed E-state index contributed by atoms with van der Waals surface area (Å²) < 4.78 is 5.57. The lowest BCUT2D eigenvalue weighted by molar-refractivity contribution is -0.120. The Morgan fingerprint density at radius 3 is 2.79 bits per heavy atom. The number of halogens is 1. The molecule has 0 radical (unpaired) electrons. The van der Waals surface area contributed by atoms with Gasteiger partial charge in [0.2, 0.25) is 5.91 Å². The molecule has 0 spiro atoms. The van der Waals surface area contributed by atoms with Crippen molar-refractivity contribution >= 4 is 17.5 Å². The van der Waals surface area contributed by atoms with Gasteiger partial charge < -0.3 is 15.0 Å². The molecular weight excluding hydrogens is 330 g/mol. The number of carbonyl (C=O) groups excluding carboxylic acids is 1. The Balaban J connectivity index is 1.72. The summed E-state index contributed by atoms with van der Waals surface area (Å²) in [6.07, 6.45) is 1.06. The maximum absolute atomic E-state index is 11.8. The van der Waals surface area contributed by atoms with Gasteiger partial charge in [-0.3, -0.25) is 9.89 Å². The van der Waals surface area contributed by atoms with E-state index in [1.54, 1.807) is 24.3 Å². The van der Waals surface area contributed by atoms with Crippen LogP contribution in [0.3, 0.4) is 0 Å². The summed E-state index contributed by atoms with van der Waals surface area (Å²) in [5, 5.41) is 10.3. The van der Waals surface area contributed by atoms with Crippen LogP contribution in [-0.2, 0) is 17.8 Å². The van der Waals surface area contributed by atoms with Crippen molar-refractivity contribution in [2.24, 2.45) is 0 Å². The summed E-state index contributed by atoms with van der Waals surface area (Å²) in [6.45, 7) is 1.83. The van der Waals surface area contributed by atoms with Gasteiger partial charge in [0.05, 0.1) is 6.42 Å². The molecule has 0 aliphatic rings. The van der Waals surface area contributed by atoms with Crippen molar-refractivity contribution in [3.63, 3.8) is 0 Å². The predicted octanol–water partition coefficient (Wildman–Crippen LogP) is 1.65. The minimum absolute atomic E-state index is 0.0853. The number of amides is 1. The van der Waals surface area contributed by atoms with Gasteiger partial charge in [0.25, 0.3) is 0 Å². The van der Waals surface area contributed by atoms with Crippen LogP contribution in [0.5, 0.6) is 5.75 Å². The van der Waals surface area contributed by atoms with Crippen molar-refractivity contribution in [3.05, 3.63) is 40.9 Å². The molecule has 2 N–H and O–H groups in total. The zero-order chi connectivity index (χ0) is 17.4. The van der Waals surface area contributed by atoms with Crippen LogP contribution in [0.2, 0.25) is 5.02 Å². The molecule has 0 saturated heterocycles. The molecule has 1 aromatic carbocycles. The molecule has 0 fully saturated rings. The third kappa shape index (κ3) is 6.55. The maximum atomic E-state index is 11.8. The molecule has 1 amide bonds. The third-order valence-electron chi connectivity index (χ3n) is 3.19. The second kappa shape index (κ2) is 9.24. The van der Waals surface area contributed by atoms with Crippen LogP contribution in [0.15, 0.2) is 24.3 Å². The van der Waals surface area contributed by atoms with Crippen molar-refractivity contribution in [3.8, 4) is 5.75 Å². The van der Waals surface area contributed by atoms with E-state index in [0.29, 0.717) is 29.0 Å². The van der Waals surface area contributed by atoms with E-state index < -0.39 is 0 Å². The third-order valence-corrected chi connectivity index (χ3v) is 3.44. The number of nitrogens with zero attached hydrogens (tertiary/aromatic N) is 3. The molecule has 2 aromatic rings. The van der Waals surface area contributed by atoms with Gasteiger partial charge in [-0.25, -0.2) is 4.98 Å². The molecule has 1 aromatic heterocycles. The lowest BCUT2D eigenvalue weighted by atomic mass is 10.3. The molecule has 1 heterocycles. The van der Waals surface area contributed by atoms with Gasteiger partial charge in [-0.15, -0.1) is 0 Å². The summed E-state index contributed by atoms with van der Waals surface area (Å²) in [5.41, 5.74) is 0. The first-order valence-electron chi connectivity index (χ1n) is 7.73. The number of ether oxygens (including phenoxy) is 1. The first-order valence-corrected chi connectivity index (χ1v) is 8.10. The van der Waals surface area contributed by atoms with Crippen molar-refractivity contribution in [1.82, 2.24) is 25.4 Å². The van der Waals surface area contributed by atoms with Crippen molar-refractivity contribution < 1.29 is 9.53 Å². The fraction of sp³-hybridized carbons (Fsp3) is 0.438. The van der Waals surface area contributed by atoms with Gasteiger partial charge in [0, 0.05) is 11.6 Å². The van der Waals surface area contributed by atoms with Crippen LogP contribution in [0.25, 0.3) is 0 Å². The van der Waals surface area contributed by atoms with Crippen molar-refractivity contribution in [2.45, 2.75) is 19.4 Å². The van der Waals surface area contributed by atoms with E-state index in [4.69, 9.17) is 16.3 Å². The molecule has 0 aliphatic carbocycles. The van der Waals surface area contributed by atoms with Crippen LogP contribution in [0, 0.1) is 0 Å². The summed E-state index contributed by atoms with van der Waals surface area (Å²) >= 11 is 5.82. The van der Waals surface area contributed by atoms with Crippen LogP contribution >= 0.6 is 11.6 Å². The molecule has 0 atom stereocenters. The second-order valence-electron chi connectivity index (χ2n) is 5.62. The zero-order valence-electron chi connectivity index (χ0n) is 13.9. The van der Waals surface area contributed by atoms with Crippen LogP contribution in [0.4, 0.5) is 0 Å². The monoisotopic (exact) mass is 351 g/mol. The van der Waals surface area contributed by atoms with Gasteiger partial charge in [-0.2, -0.15) is 5.10 Å². The molecule has 8 heteroatoms. The fourth-order valence-electron chi connectivity index (χ4n) is 1.99. The normalized spacial score (nSPS) is 10.8. The topological polar surface area (TPSA) is 83.1 Å². The Bertz CT molecular complexity index is 642. The summed E-state index contributed by atoms with van der Waals surface area (Å²) in [7, 11) is 4.01. The van der Waals surface area contributed by atoms with E-state index in [9.17, 15) is 4.79 Å². The Labute approximate surface area is 146 Å². The number of H-pyrrole nitrogens is 1. The van der Waals surface area contributed by atoms with E-state index in [0.717, 1.165) is 13.0 Å². The number of carbonyl (C=O) groups is 1. The quantitative estimate of drug-likeness (QED) is 0.671. The Kier molecular flexibility index (Phi) is 7.02. The molecule has 0 aliphatic heterocycles. The fourth-order valence-corrected chi connectivity index (χ4v) is 2.12. The van der Waals surface area contributed by atoms with E-state index in [-0.39, 0.29) is 18.9 Å². The highest BCUT2D eigenvalue weighted by molar-refractivity contribution is 6.30. The minimum atomic E-state index is -0.0853. The number of benzene rings is 1. The van der Waals surface area contributed by atoms with Crippen LogP contribution in [-0.4, -0.2) is 53.2 Å². The standard InChI is InChI=1S/C16H22ClN5O2/c1-22(2)9-3-8-18-16(23)10-14-19-15(21-20-14)11-24-13-6-4-12(17)5-7-13/h4-7H,3,8-11H2,1-2H3,(H,18,23)(H,19,20,21). The molecule has 0 unspecified atom stereocenters. The number of rotatable bonds is 9. The highest BCUT2D eigenvalue weighted by Crippen LogP contribution is 2.16. The molecule has 7 nitrogen and oxygen atoms in total. The summed E-state index contributed by atoms with van der Waals surface area (Å²) in [4.78, 5) is 18.1. The van der Waals surface area contributed by atoms with Crippen LogP contribution < -0.4 is 10.1 Å². The van der Waals surface area contributed by atoms with Crippen molar-refractivity contribution in [2.75, 3.05) is 27.2 Å². The molecular formula is C16H22ClN5O2.